The number of imide groups is 1. The Morgan fingerprint density at radius 3 is 2.85 bits per heavy atom. The average Bonchev–Trinajstić information content (AvgIpc) is 2.34. The van der Waals surface area contributed by atoms with Crippen LogP contribution in [0.25, 0.3) is 0 Å². The molecule has 5 heteroatoms. The van der Waals surface area contributed by atoms with Crippen LogP contribution in [0.1, 0.15) is 6.42 Å². The van der Waals surface area contributed by atoms with Crippen molar-refractivity contribution in [3.05, 3.63) is 0 Å². The molecule has 1 fully saturated rings. The van der Waals surface area contributed by atoms with Crippen molar-refractivity contribution in [3.8, 4) is 18.4 Å². The summed E-state index contributed by atoms with van der Waals surface area (Å²) in [6, 6.07) is 0.515. The van der Waals surface area contributed by atoms with Gasteiger partial charge in [0.1, 0.15) is 12.6 Å². The molecule has 66 valence electrons. The summed E-state index contributed by atoms with van der Waals surface area (Å²) in [6.45, 7) is -0.230. The lowest BCUT2D eigenvalue weighted by atomic mass is 10.2. The van der Waals surface area contributed by atoms with Crippen LogP contribution in [0.3, 0.4) is 0 Å². The predicted octanol–water partition coefficient (Wildman–Crippen LogP) is -0.546. The lowest BCUT2D eigenvalue weighted by Crippen LogP contribution is -2.31. The zero-order valence-corrected chi connectivity index (χ0v) is 6.78. The van der Waals surface area contributed by atoms with Crippen LogP contribution in [-0.2, 0) is 4.79 Å². The maximum Gasteiger partial charge on any atom is 0.325 e. The third kappa shape index (κ3) is 1.60. The predicted molar refractivity (Wildman–Crippen MR) is 43.1 cm³/mol. The molecular weight excluding hydrogens is 170 g/mol. The maximum atomic E-state index is 11.3. The minimum Gasteiger partial charge on any atom is -0.325 e. The molecule has 0 saturated carbocycles. The zero-order chi connectivity index (χ0) is 9.84. The van der Waals surface area contributed by atoms with Gasteiger partial charge in [-0.15, -0.1) is 12.3 Å². The Morgan fingerprint density at radius 2 is 2.31 bits per heavy atom. The van der Waals surface area contributed by atoms with E-state index in [2.05, 4.69) is 11.2 Å². The summed E-state index contributed by atoms with van der Waals surface area (Å²) in [5.74, 6) is 1.85. The van der Waals surface area contributed by atoms with Crippen LogP contribution >= 0.6 is 0 Å². The molecule has 0 radical (unpaired) electrons. The van der Waals surface area contributed by atoms with Crippen molar-refractivity contribution in [1.29, 1.82) is 5.26 Å². The standard InChI is InChI=1S/C8H7N3O2/c1-2-3-6-7(12)11(5-4-9)8(13)10-6/h1,6H,3,5H2,(H,10,13). The van der Waals surface area contributed by atoms with Crippen LogP contribution < -0.4 is 5.32 Å². The van der Waals surface area contributed by atoms with E-state index < -0.39 is 18.0 Å². The van der Waals surface area contributed by atoms with E-state index in [1.165, 1.54) is 0 Å². The molecule has 0 aromatic heterocycles. The van der Waals surface area contributed by atoms with E-state index in [9.17, 15) is 9.59 Å². The fourth-order valence-corrected chi connectivity index (χ4v) is 1.05. The second kappa shape index (κ2) is 3.59. The van der Waals surface area contributed by atoms with Crippen molar-refractivity contribution < 1.29 is 9.59 Å². The molecule has 1 N–H and O–H groups in total. The molecule has 1 rings (SSSR count). The fourth-order valence-electron chi connectivity index (χ4n) is 1.05. The van der Waals surface area contributed by atoms with E-state index in [1.54, 1.807) is 6.07 Å². The van der Waals surface area contributed by atoms with E-state index >= 15 is 0 Å². The first-order chi connectivity index (χ1) is 6.20. The number of nitrogens with zero attached hydrogens (tertiary/aromatic N) is 2. The molecule has 1 heterocycles. The largest absolute Gasteiger partial charge is 0.325 e. The number of nitriles is 1. The van der Waals surface area contributed by atoms with Gasteiger partial charge in [-0.05, 0) is 0 Å². The van der Waals surface area contributed by atoms with Crippen molar-refractivity contribution in [1.82, 2.24) is 10.2 Å². The monoisotopic (exact) mass is 177 g/mol. The molecule has 1 atom stereocenters. The highest BCUT2D eigenvalue weighted by atomic mass is 16.2. The third-order valence-corrected chi connectivity index (χ3v) is 1.66. The Morgan fingerprint density at radius 1 is 1.62 bits per heavy atom. The summed E-state index contributed by atoms with van der Waals surface area (Å²) < 4.78 is 0. The first-order valence-corrected chi connectivity index (χ1v) is 3.63. The number of rotatable bonds is 2. The fraction of sp³-hybridized carbons (Fsp3) is 0.375. The van der Waals surface area contributed by atoms with Crippen LogP contribution in [0.5, 0.6) is 0 Å². The molecule has 0 aromatic carbocycles. The first kappa shape index (κ1) is 9.08. The molecule has 0 aromatic rings. The highest BCUT2D eigenvalue weighted by molar-refractivity contribution is 6.04. The third-order valence-electron chi connectivity index (χ3n) is 1.66. The number of terminal acetylenes is 1. The van der Waals surface area contributed by atoms with Gasteiger partial charge in [-0.1, -0.05) is 0 Å². The van der Waals surface area contributed by atoms with Gasteiger partial charge in [0, 0.05) is 6.42 Å². The molecule has 1 aliphatic rings. The van der Waals surface area contributed by atoms with E-state index in [0.29, 0.717) is 0 Å². The molecule has 1 aliphatic heterocycles. The molecule has 0 bridgehead atoms. The van der Waals surface area contributed by atoms with E-state index in [0.717, 1.165) is 4.90 Å². The van der Waals surface area contributed by atoms with Gasteiger partial charge in [-0.25, -0.2) is 9.69 Å². The minimum atomic E-state index is -0.661. The average molecular weight is 177 g/mol. The molecule has 1 unspecified atom stereocenters. The Hall–Kier alpha value is -2.01. The van der Waals surface area contributed by atoms with Crippen LogP contribution in [0.4, 0.5) is 4.79 Å². The topological polar surface area (TPSA) is 73.2 Å². The van der Waals surface area contributed by atoms with E-state index in [4.69, 9.17) is 11.7 Å². The Labute approximate surface area is 75.3 Å². The van der Waals surface area contributed by atoms with Crippen molar-refractivity contribution in [2.75, 3.05) is 6.54 Å². The van der Waals surface area contributed by atoms with Crippen molar-refractivity contribution in [2.45, 2.75) is 12.5 Å². The van der Waals surface area contributed by atoms with Gasteiger partial charge in [0.05, 0.1) is 6.07 Å². The van der Waals surface area contributed by atoms with Gasteiger partial charge in [0.25, 0.3) is 5.91 Å². The second-order valence-corrected chi connectivity index (χ2v) is 2.49. The van der Waals surface area contributed by atoms with Crippen molar-refractivity contribution in [2.24, 2.45) is 0 Å². The highest BCUT2D eigenvalue weighted by Crippen LogP contribution is 2.07. The molecular formula is C8H7N3O2. The SMILES string of the molecule is C#CCC1NC(=O)N(CC#N)C1=O. The van der Waals surface area contributed by atoms with Crippen LogP contribution in [0.15, 0.2) is 0 Å². The summed E-state index contributed by atoms with van der Waals surface area (Å²) >= 11 is 0. The highest BCUT2D eigenvalue weighted by Gasteiger charge is 2.36. The van der Waals surface area contributed by atoms with E-state index in [-0.39, 0.29) is 13.0 Å². The Bertz CT molecular complexity index is 323. The first-order valence-electron chi connectivity index (χ1n) is 3.63. The number of hydrogen-bond donors (Lipinski definition) is 1. The summed E-state index contributed by atoms with van der Waals surface area (Å²) in [5, 5.41) is 10.7. The van der Waals surface area contributed by atoms with Crippen LogP contribution in [0, 0.1) is 23.7 Å². The van der Waals surface area contributed by atoms with Crippen molar-refractivity contribution in [3.63, 3.8) is 0 Å². The lowest BCUT2D eigenvalue weighted by Gasteiger charge is -2.05. The number of hydrogen-bond acceptors (Lipinski definition) is 3. The van der Waals surface area contributed by atoms with Gasteiger partial charge in [-0.2, -0.15) is 5.26 Å². The normalized spacial score (nSPS) is 20.8. The van der Waals surface area contributed by atoms with Gasteiger partial charge in [0.15, 0.2) is 0 Å². The molecule has 0 aliphatic carbocycles. The summed E-state index contributed by atoms with van der Waals surface area (Å²) in [6.07, 6.45) is 5.16. The number of amides is 3. The molecule has 13 heavy (non-hydrogen) atoms. The number of carbonyl (C=O) groups excluding carboxylic acids is 2. The lowest BCUT2D eigenvalue weighted by molar-refractivity contribution is -0.126. The summed E-state index contributed by atoms with van der Waals surface area (Å²) in [7, 11) is 0. The number of carbonyl (C=O) groups is 2. The smallest absolute Gasteiger partial charge is 0.325 e. The summed E-state index contributed by atoms with van der Waals surface area (Å²) in [5.41, 5.74) is 0. The Kier molecular flexibility index (Phi) is 2.51. The molecule has 3 amide bonds. The maximum absolute atomic E-state index is 11.3. The van der Waals surface area contributed by atoms with Gasteiger partial charge in [-0.3, -0.25) is 4.79 Å². The molecule has 5 nitrogen and oxygen atoms in total. The van der Waals surface area contributed by atoms with Crippen LogP contribution in [0.2, 0.25) is 0 Å². The Balaban J connectivity index is 2.72. The van der Waals surface area contributed by atoms with Crippen molar-refractivity contribution >= 4 is 11.9 Å². The van der Waals surface area contributed by atoms with Gasteiger partial charge >= 0.3 is 6.03 Å². The van der Waals surface area contributed by atoms with Gasteiger partial charge < -0.3 is 5.32 Å². The van der Waals surface area contributed by atoms with Crippen LogP contribution in [-0.4, -0.2) is 29.4 Å². The quantitative estimate of drug-likeness (QED) is 0.349. The minimum absolute atomic E-state index is 0.159. The number of nitrogens with one attached hydrogen (secondary N) is 1. The van der Waals surface area contributed by atoms with Gasteiger partial charge in [0.2, 0.25) is 0 Å². The molecule has 0 spiro atoms. The summed E-state index contributed by atoms with van der Waals surface area (Å²) in [4.78, 5) is 23.2. The molecule has 1 saturated heterocycles. The zero-order valence-electron chi connectivity index (χ0n) is 6.78. The van der Waals surface area contributed by atoms with E-state index in [1.807, 2.05) is 0 Å². The second-order valence-electron chi connectivity index (χ2n) is 2.49. The number of urea groups is 1.